The van der Waals surface area contributed by atoms with Gasteiger partial charge in [-0.05, 0) is 31.8 Å². The fourth-order valence-corrected chi connectivity index (χ4v) is 3.03. The predicted octanol–water partition coefficient (Wildman–Crippen LogP) is -3.87. The Bertz CT molecular complexity index is 735. The quantitative estimate of drug-likeness (QED) is 0.104. The second-order valence-corrected chi connectivity index (χ2v) is 8.24. The van der Waals surface area contributed by atoms with Gasteiger partial charge in [0.25, 0.3) is 0 Å². The molecular formula is C18H32N6O8S. The van der Waals surface area contributed by atoms with E-state index in [0.717, 1.165) is 0 Å². The van der Waals surface area contributed by atoms with Crippen molar-refractivity contribution in [3.8, 4) is 0 Å². The smallest absolute Gasteiger partial charge is 0.326 e. The highest BCUT2D eigenvalue weighted by molar-refractivity contribution is 7.98. The first kappa shape index (κ1) is 30.1. The van der Waals surface area contributed by atoms with Crippen LogP contribution >= 0.6 is 11.8 Å². The normalized spacial score (nSPS) is 15.3. The third-order valence-electron chi connectivity index (χ3n) is 4.36. The summed E-state index contributed by atoms with van der Waals surface area (Å²) >= 11 is 1.37. The van der Waals surface area contributed by atoms with Crippen LogP contribution in [0.2, 0.25) is 0 Å². The minimum atomic E-state index is -1.58. The zero-order valence-electron chi connectivity index (χ0n) is 18.4. The highest BCUT2D eigenvalue weighted by Gasteiger charge is 2.32. The van der Waals surface area contributed by atoms with Crippen molar-refractivity contribution in [3.05, 3.63) is 0 Å². The number of carbonyl (C=O) groups excluding carboxylic acids is 5. The Morgan fingerprint density at radius 2 is 1.45 bits per heavy atom. The Labute approximate surface area is 194 Å². The largest absolute Gasteiger partial charge is 0.480 e. The Morgan fingerprint density at radius 1 is 0.879 bits per heavy atom. The summed E-state index contributed by atoms with van der Waals surface area (Å²) in [5, 5.41) is 25.9. The molecule has 0 aromatic rings. The van der Waals surface area contributed by atoms with Gasteiger partial charge in [-0.1, -0.05) is 0 Å². The summed E-state index contributed by atoms with van der Waals surface area (Å²) in [5.74, 6) is -5.31. The van der Waals surface area contributed by atoms with Crippen LogP contribution in [0.25, 0.3) is 0 Å². The number of hydrogen-bond acceptors (Lipinski definition) is 9. The number of carboxylic acids is 1. The molecule has 14 nitrogen and oxygen atoms in total. The Morgan fingerprint density at radius 3 is 1.91 bits per heavy atom. The molecule has 5 atom stereocenters. The molecule has 0 fully saturated rings. The first-order valence-corrected chi connectivity index (χ1v) is 11.3. The van der Waals surface area contributed by atoms with Crippen molar-refractivity contribution in [2.75, 3.05) is 12.0 Å². The number of carbonyl (C=O) groups is 6. The molecule has 0 aromatic carbocycles. The Hall–Kier alpha value is -2.91. The lowest BCUT2D eigenvalue weighted by Crippen LogP contribution is -2.60. The van der Waals surface area contributed by atoms with E-state index in [4.69, 9.17) is 17.2 Å². The number of primary amides is 2. The molecule has 0 saturated carbocycles. The fourth-order valence-electron chi connectivity index (χ4n) is 2.56. The van der Waals surface area contributed by atoms with Gasteiger partial charge in [0.2, 0.25) is 29.5 Å². The summed E-state index contributed by atoms with van der Waals surface area (Å²) < 4.78 is 0. The highest BCUT2D eigenvalue weighted by atomic mass is 32.2. The lowest BCUT2D eigenvalue weighted by atomic mass is 10.1. The standard InChI is InChI=1S/C18H32N6O8S/c1-8(25)14(24-15(28)9(19)7-13(21)27)17(30)22-10(3-4-12(20)26)16(29)23-11(18(31)32)5-6-33-2/h8-11,14,25H,3-7,19H2,1-2H3,(H2,20,26)(H2,21,27)(H,22,30)(H,23,29)(H,24,28)(H,31,32). The first-order valence-electron chi connectivity index (χ1n) is 9.93. The summed E-state index contributed by atoms with van der Waals surface area (Å²) in [6.07, 6.45) is -0.641. The van der Waals surface area contributed by atoms with Crippen LogP contribution < -0.4 is 33.2 Å². The second-order valence-electron chi connectivity index (χ2n) is 7.25. The number of hydrogen-bond donors (Lipinski definition) is 8. The molecule has 15 heteroatoms. The summed E-state index contributed by atoms with van der Waals surface area (Å²) in [4.78, 5) is 70.9. The molecule has 0 saturated heterocycles. The number of amides is 5. The second kappa shape index (κ2) is 15.0. The number of aliphatic carboxylic acids is 1. The summed E-state index contributed by atoms with van der Waals surface area (Å²) in [7, 11) is 0. The Kier molecular flexibility index (Phi) is 13.7. The molecule has 0 aliphatic heterocycles. The lowest BCUT2D eigenvalue weighted by Gasteiger charge is -2.26. The monoisotopic (exact) mass is 492 g/mol. The van der Waals surface area contributed by atoms with E-state index in [9.17, 15) is 39.0 Å². The molecule has 0 spiro atoms. The van der Waals surface area contributed by atoms with Crippen molar-refractivity contribution in [2.24, 2.45) is 17.2 Å². The van der Waals surface area contributed by atoms with Crippen molar-refractivity contribution in [2.45, 2.75) is 62.9 Å². The van der Waals surface area contributed by atoms with Crippen LogP contribution in [0, 0.1) is 0 Å². The number of carboxylic acid groups (broad SMARTS) is 1. The van der Waals surface area contributed by atoms with Crippen LogP contribution in [-0.4, -0.2) is 88.0 Å². The van der Waals surface area contributed by atoms with Gasteiger partial charge >= 0.3 is 5.97 Å². The van der Waals surface area contributed by atoms with E-state index >= 15 is 0 Å². The van der Waals surface area contributed by atoms with E-state index < -0.39 is 72.2 Å². The molecular weight excluding hydrogens is 460 g/mol. The molecule has 0 rings (SSSR count). The van der Waals surface area contributed by atoms with E-state index in [0.29, 0.717) is 5.75 Å². The lowest BCUT2D eigenvalue weighted by molar-refractivity contribution is -0.142. The van der Waals surface area contributed by atoms with Crippen LogP contribution in [0.5, 0.6) is 0 Å². The minimum absolute atomic E-state index is 0.114. The molecule has 5 amide bonds. The molecule has 0 heterocycles. The van der Waals surface area contributed by atoms with Gasteiger partial charge in [-0.2, -0.15) is 11.8 Å². The molecule has 5 unspecified atom stereocenters. The van der Waals surface area contributed by atoms with Crippen molar-refractivity contribution < 1.29 is 39.0 Å². The summed E-state index contributed by atoms with van der Waals surface area (Å²) in [6.45, 7) is 1.19. The van der Waals surface area contributed by atoms with Gasteiger partial charge in [0.05, 0.1) is 18.6 Å². The number of aliphatic hydroxyl groups is 1. The summed E-state index contributed by atoms with van der Waals surface area (Å²) in [5.41, 5.74) is 15.6. The maximum Gasteiger partial charge on any atom is 0.326 e. The highest BCUT2D eigenvalue weighted by Crippen LogP contribution is 2.05. The molecule has 0 aliphatic rings. The average Bonchev–Trinajstić information content (AvgIpc) is 2.70. The van der Waals surface area contributed by atoms with Gasteiger partial charge in [-0.15, -0.1) is 0 Å². The van der Waals surface area contributed by atoms with Crippen molar-refractivity contribution in [1.82, 2.24) is 16.0 Å². The van der Waals surface area contributed by atoms with E-state index in [1.165, 1.54) is 18.7 Å². The molecule has 0 radical (unpaired) electrons. The Balaban J connectivity index is 5.47. The van der Waals surface area contributed by atoms with E-state index in [1.54, 1.807) is 6.26 Å². The van der Waals surface area contributed by atoms with Gasteiger partial charge in [-0.25, -0.2) is 4.79 Å². The number of aliphatic hydroxyl groups excluding tert-OH is 1. The fraction of sp³-hybridized carbons (Fsp3) is 0.667. The van der Waals surface area contributed by atoms with Crippen molar-refractivity contribution in [3.63, 3.8) is 0 Å². The van der Waals surface area contributed by atoms with Gasteiger partial charge < -0.3 is 43.4 Å². The SMILES string of the molecule is CSCCC(NC(=O)C(CCC(N)=O)NC(=O)C(NC(=O)C(N)CC(N)=O)C(C)O)C(=O)O. The van der Waals surface area contributed by atoms with E-state index in [-0.39, 0.29) is 19.3 Å². The van der Waals surface area contributed by atoms with Gasteiger partial charge in [0.1, 0.15) is 18.1 Å². The third-order valence-corrected chi connectivity index (χ3v) is 5.00. The number of rotatable bonds is 16. The van der Waals surface area contributed by atoms with Gasteiger partial charge in [0, 0.05) is 6.42 Å². The molecule has 11 N–H and O–H groups in total. The number of nitrogens with two attached hydrogens (primary N) is 3. The first-order chi connectivity index (χ1) is 15.3. The summed E-state index contributed by atoms with van der Waals surface area (Å²) in [6, 6.07) is -5.58. The maximum absolute atomic E-state index is 12.7. The topological polar surface area (TPSA) is 257 Å². The molecule has 0 aliphatic carbocycles. The van der Waals surface area contributed by atoms with Crippen LogP contribution in [0.15, 0.2) is 0 Å². The predicted molar refractivity (Wildman–Crippen MR) is 118 cm³/mol. The third kappa shape index (κ3) is 12.1. The average molecular weight is 493 g/mol. The van der Waals surface area contributed by atoms with E-state index in [2.05, 4.69) is 16.0 Å². The van der Waals surface area contributed by atoms with Crippen LogP contribution in [0.4, 0.5) is 0 Å². The van der Waals surface area contributed by atoms with Gasteiger partial charge in [-0.3, -0.25) is 24.0 Å². The zero-order valence-corrected chi connectivity index (χ0v) is 19.2. The number of thioether (sulfide) groups is 1. The molecule has 0 aromatic heterocycles. The van der Waals surface area contributed by atoms with Crippen LogP contribution in [0.1, 0.15) is 32.6 Å². The minimum Gasteiger partial charge on any atom is -0.480 e. The van der Waals surface area contributed by atoms with Crippen LogP contribution in [0.3, 0.4) is 0 Å². The molecule has 33 heavy (non-hydrogen) atoms. The maximum atomic E-state index is 12.7. The van der Waals surface area contributed by atoms with Crippen LogP contribution in [-0.2, 0) is 28.8 Å². The van der Waals surface area contributed by atoms with Gasteiger partial charge in [0.15, 0.2) is 0 Å². The van der Waals surface area contributed by atoms with Crippen molar-refractivity contribution in [1.29, 1.82) is 0 Å². The van der Waals surface area contributed by atoms with E-state index in [1.807, 2.05) is 0 Å². The molecule has 188 valence electrons. The zero-order chi connectivity index (χ0) is 25.7. The number of nitrogens with one attached hydrogen (secondary N) is 3. The molecule has 0 bridgehead atoms. The van der Waals surface area contributed by atoms with Crippen molar-refractivity contribution >= 4 is 47.3 Å².